The number of hydrogen-bond acceptors (Lipinski definition) is 3. The van der Waals surface area contributed by atoms with Crippen LogP contribution in [0, 0.1) is 5.82 Å². The summed E-state index contributed by atoms with van der Waals surface area (Å²) in [7, 11) is 0. The van der Waals surface area contributed by atoms with Crippen molar-refractivity contribution in [1.29, 1.82) is 0 Å². The maximum Gasteiger partial charge on any atom is 0.416 e. The minimum absolute atomic E-state index is 0.0199. The Morgan fingerprint density at radius 1 is 1.07 bits per heavy atom. The van der Waals surface area contributed by atoms with Gasteiger partial charge in [0.1, 0.15) is 17.0 Å². The van der Waals surface area contributed by atoms with Gasteiger partial charge in [-0.25, -0.2) is 14.2 Å². The van der Waals surface area contributed by atoms with Crippen LogP contribution in [-0.4, -0.2) is 16.1 Å². The number of carbonyl (C=O) groups is 1. The number of ether oxygens (including phenoxy) is 1. The lowest BCUT2D eigenvalue weighted by Crippen LogP contribution is -2.06. The molecule has 0 aliphatic rings. The molecule has 4 nitrogen and oxygen atoms in total. The molecule has 0 fully saturated rings. The van der Waals surface area contributed by atoms with Crippen molar-refractivity contribution in [3.8, 4) is 22.9 Å². The Morgan fingerprint density at radius 2 is 1.71 bits per heavy atom. The Labute approximate surface area is 161 Å². The van der Waals surface area contributed by atoms with Crippen molar-refractivity contribution in [2.75, 3.05) is 0 Å². The molecule has 1 heterocycles. The van der Waals surface area contributed by atoms with Crippen LogP contribution in [-0.2, 0) is 6.18 Å². The van der Waals surface area contributed by atoms with E-state index in [1.54, 1.807) is 12.1 Å². The highest BCUT2D eigenvalue weighted by atomic mass is 35.5. The number of para-hydroxylation sites is 1. The molecule has 1 N–H and O–H groups in total. The molecule has 0 spiro atoms. The Kier molecular flexibility index (Phi) is 5.24. The van der Waals surface area contributed by atoms with E-state index in [2.05, 4.69) is 4.98 Å². The highest BCUT2D eigenvalue weighted by Crippen LogP contribution is 2.34. The first-order valence-electron chi connectivity index (χ1n) is 7.70. The first kappa shape index (κ1) is 19.6. The predicted octanol–water partition coefficient (Wildman–Crippen LogP) is 6.05. The van der Waals surface area contributed by atoms with Crippen molar-refractivity contribution in [3.63, 3.8) is 0 Å². The van der Waals surface area contributed by atoms with Gasteiger partial charge in [0.05, 0.1) is 10.6 Å². The van der Waals surface area contributed by atoms with Gasteiger partial charge < -0.3 is 9.84 Å². The molecule has 0 aliphatic carbocycles. The van der Waals surface area contributed by atoms with Crippen LogP contribution in [0.1, 0.15) is 15.9 Å². The third kappa shape index (κ3) is 4.07. The molecule has 0 unspecified atom stereocenters. The summed E-state index contributed by atoms with van der Waals surface area (Å²) in [6.45, 7) is 0. The molecule has 0 amide bonds. The normalized spacial score (nSPS) is 11.3. The Bertz CT molecular complexity index is 1040. The maximum absolute atomic E-state index is 14.4. The van der Waals surface area contributed by atoms with Gasteiger partial charge >= 0.3 is 12.1 Å². The van der Waals surface area contributed by atoms with Crippen LogP contribution >= 0.6 is 11.6 Å². The van der Waals surface area contributed by atoms with Gasteiger partial charge in [0, 0.05) is 5.56 Å². The van der Waals surface area contributed by atoms with Crippen LogP contribution in [0.4, 0.5) is 17.6 Å². The number of pyridine rings is 1. The summed E-state index contributed by atoms with van der Waals surface area (Å²) in [4.78, 5) is 15.3. The first-order chi connectivity index (χ1) is 13.2. The van der Waals surface area contributed by atoms with Gasteiger partial charge in [-0.1, -0.05) is 35.9 Å². The lowest BCUT2D eigenvalue weighted by atomic mass is 10.1. The molecular formula is C19H10ClF4NO3. The molecule has 28 heavy (non-hydrogen) atoms. The molecular weight excluding hydrogens is 402 g/mol. The molecule has 1 aromatic heterocycles. The number of nitrogens with zero attached hydrogens (tertiary/aromatic N) is 1. The molecule has 144 valence electrons. The standard InChI is InChI=1S/C19H10ClF4NO3/c20-13-3-1-2-4-15(13)28-17-12(18(26)27)9-14(21)16(25-17)10-5-7-11(8-6-10)19(22,23)24/h1-9H,(H,26,27). The number of aromatic carboxylic acids is 1. The Morgan fingerprint density at radius 3 is 2.29 bits per heavy atom. The van der Waals surface area contributed by atoms with Crippen LogP contribution in [0.25, 0.3) is 11.3 Å². The monoisotopic (exact) mass is 411 g/mol. The number of benzene rings is 2. The minimum Gasteiger partial charge on any atom is -0.477 e. The van der Waals surface area contributed by atoms with Gasteiger partial charge in [-0.15, -0.1) is 0 Å². The minimum atomic E-state index is -4.55. The topological polar surface area (TPSA) is 59.4 Å². The fourth-order valence-electron chi connectivity index (χ4n) is 2.35. The van der Waals surface area contributed by atoms with E-state index in [1.165, 1.54) is 12.1 Å². The zero-order valence-corrected chi connectivity index (χ0v) is 14.6. The number of aromatic nitrogens is 1. The van der Waals surface area contributed by atoms with E-state index in [1.807, 2.05) is 0 Å². The SMILES string of the molecule is O=C(O)c1cc(F)c(-c2ccc(C(F)(F)F)cc2)nc1Oc1ccccc1Cl. The molecule has 0 atom stereocenters. The van der Waals surface area contributed by atoms with Gasteiger partial charge in [-0.3, -0.25) is 0 Å². The van der Waals surface area contributed by atoms with Crippen molar-refractivity contribution in [1.82, 2.24) is 4.98 Å². The summed E-state index contributed by atoms with van der Waals surface area (Å²) in [5, 5.41) is 9.45. The van der Waals surface area contributed by atoms with Crippen LogP contribution in [0.2, 0.25) is 5.02 Å². The third-order valence-electron chi connectivity index (χ3n) is 3.70. The highest BCUT2D eigenvalue weighted by Gasteiger charge is 2.30. The molecule has 3 rings (SSSR count). The van der Waals surface area contributed by atoms with E-state index in [9.17, 15) is 27.5 Å². The smallest absolute Gasteiger partial charge is 0.416 e. The summed E-state index contributed by atoms with van der Waals surface area (Å²) < 4.78 is 57.9. The van der Waals surface area contributed by atoms with Gasteiger partial charge in [-0.2, -0.15) is 13.2 Å². The lowest BCUT2D eigenvalue weighted by molar-refractivity contribution is -0.137. The number of carboxylic acid groups (broad SMARTS) is 1. The van der Waals surface area contributed by atoms with E-state index >= 15 is 0 Å². The van der Waals surface area contributed by atoms with E-state index in [0.717, 1.165) is 24.3 Å². The summed E-state index contributed by atoms with van der Waals surface area (Å²) in [6, 6.07) is 10.5. The second-order valence-electron chi connectivity index (χ2n) is 5.58. The largest absolute Gasteiger partial charge is 0.477 e. The molecule has 0 bridgehead atoms. The molecule has 2 aromatic carbocycles. The maximum atomic E-state index is 14.4. The highest BCUT2D eigenvalue weighted by molar-refractivity contribution is 6.32. The van der Waals surface area contributed by atoms with Crippen molar-refractivity contribution >= 4 is 17.6 Å². The van der Waals surface area contributed by atoms with Gasteiger partial charge in [0.2, 0.25) is 5.88 Å². The fourth-order valence-corrected chi connectivity index (χ4v) is 2.53. The second kappa shape index (κ2) is 7.47. The molecule has 3 aromatic rings. The van der Waals surface area contributed by atoms with Gasteiger partial charge in [0.15, 0.2) is 5.82 Å². The number of hydrogen-bond donors (Lipinski definition) is 1. The van der Waals surface area contributed by atoms with Crippen molar-refractivity contribution in [2.45, 2.75) is 6.18 Å². The Hall–Kier alpha value is -3.13. The van der Waals surface area contributed by atoms with Crippen LogP contribution in [0.3, 0.4) is 0 Å². The number of rotatable bonds is 4. The quantitative estimate of drug-likeness (QED) is 0.531. The first-order valence-corrected chi connectivity index (χ1v) is 8.08. The lowest BCUT2D eigenvalue weighted by Gasteiger charge is -2.12. The molecule has 0 radical (unpaired) electrons. The average Bonchev–Trinajstić information content (AvgIpc) is 2.64. The zero-order chi connectivity index (χ0) is 20.5. The third-order valence-corrected chi connectivity index (χ3v) is 4.01. The summed E-state index contributed by atoms with van der Waals surface area (Å²) in [5.74, 6) is -2.88. The van der Waals surface area contributed by atoms with Crippen LogP contribution in [0.5, 0.6) is 11.6 Å². The second-order valence-corrected chi connectivity index (χ2v) is 5.99. The Balaban J connectivity index is 2.08. The number of halogens is 5. The predicted molar refractivity (Wildman–Crippen MR) is 93.1 cm³/mol. The van der Waals surface area contributed by atoms with Gasteiger partial charge in [-0.05, 0) is 30.3 Å². The van der Waals surface area contributed by atoms with Crippen LogP contribution in [0.15, 0.2) is 54.6 Å². The van der Waals surface area contributed by atoms with E-state index in [4.69, 9.17) is 16.3 Å². The van der Waals surface area contributed by atoms with Crippen molar-refractivity contribution in [2.24, 2.45) is 0 Å². The van der Waals surface area contributed by atoms with E-state index in [0.29, 0.717) is 6.07 Å². The average molecular weight is 412 g/mol. The summed E-state index contributed by atoms with van der Waals surface area (Å²) in [6.07, 6.45) is -4.55. The molecule has 0 aliphatic heterocycles. The molecule has 0 saturated heterocycles. The summed E-state index contributed by atoms with van der Waals surface area (Å²) in [5.41, 5.74) is -1.81. The van der Waals surface area contributed by atoms with E-state index in [-0.39, 0.29) is 22.0 Å². The van der Waals surface area contributed by atoms with E-state index < -0.39 is 35.0 Å². The zero-order valence-electron chi connectivity index (χ0n) is 13.8. The summed E-state index contributed by atoms with van der Waals surface area (Å²) >= 11 is 5.97. The number of carboxylic acids is 1. The molecule has 0 saturated carbocycles. The van der Waals surface area contributed by atoms with Crippen molar-refractivity contribution < 1.29 is 32.2 Å². The van der Waals surface area contributed by atoms with Crippen LogP contribution < -0.4 is 4.74 Å². The molecule has 9 heteroatoms. The number of alkyl halides is 3. The fraction of sp³-hybridized carbons (Fsp3) is 0.0526. The van der Waals surface area contributed by atoms with Crippen molar-refractivity contribution in [3.05, 3.63) is 76.6 Å². The van der Waals surface area contributed by atoms with Gasteiger partial charge in [0.25, 0.3) is 0 Å².